The number of benzene rings is 4. The van der Waals surface area contributed by atoms with Gasteiger partial charge < -0.3 is 0 Å². The first kappa shape index (κ1) is 23.1. The number of halogens is 2. The zero-order valence-electron chi connectivity index (χ0n) is 19.6. The molecule has 6 heteroatoms. The lowest BCUT2D eigenvalue weighted by Crippen LogP contribution is -2.21. The average Bonchev–Trinajstić information content (AvgIpc) is 3.35. The number of anilines is 1. The third-order valence-corrected chi connectivity index (χ3v) is 7.43. The highest BCUT2D eigenvalue weighted by Gasteiger charge is 2.32. The SMILES string of the molecule is Cc1ccc2nc(N3N=C(c4ccc(Br)cc4)C[C@@H]3c3cccc(Br)c3)nc(-c3ccccc3)c2c1. The first-order valence-electron chi connectivity index (χ1n) is 11.8. The smallest absolute Gasteiger partial charge is 0.223 e. The summed E-state index contributed by atoms with van der Waals surface area (Å²) in [5.41, 5.74) is 7.34. The van der Waals surface area contributed by atoms with Crippen LogP contribution in [-0.2, 0) is 0 Å². The molecular formula is C30H22Br2N4. The van der Waals surface area contributed by atoms with Crippen LogP contribution in [0.4, 0.5) is 5.95 Å². The second kappa shape index (κ2) is 9.60. The Balaban J connectivity index is 1.54. The van der Waals surface area contributed by atoms with Crippen LogP contribution in [0.5, 0.6) is 0 Å². The van der Waals surface area contributed by atoms with Crippen LogP contribution in [0.2, 0.25) is 0 Å². The van der Waals surface area contributed by atoms with E-state index in [4.69, 9.17) is 15.1 Å². The molecule has 176 valence electrons. The Morgan fingerprint density at radius 1 is 0.750 bits per heavy atom. The Bertz CT molecular complexity index is 1600. The lowest BCUT2D eigenvalue weighted by atomic mass is 9.98. The van der Waals surface area contributed by atoms with E-state index in [1.807, 2.05) is 29.3 Å². The van der Waals surface area contributed by atoms with Crippen LogP contribution in [0.25, 0.3) is 22.2 Å². The molecule has 0 aliphatic carbocycles. The third-order valence-electron chi connectivity index (χ3n) is 6.41. The Morgan fingerprint density at radius 2 is 1.56 bits per heavy atom. The summed E-state index contributed by atoms with van der Waals surface area (Å²) in [5, 5.41) is 8.13. The highest BCUT2D eigenvalue weighted by atomic mass is 79.9. The van der Waals surface area contributed by atoms with Gasteiger partial charge in [-0.05, 0) is 54.4 Å². The van der Waals surface area contributed by atoms with Crippen LogP contribution in [0.15, 0.2) is 111 Å². The summed E-state index contributed by atoms with van der Waals surface area (Å²) < 4.78 is 2.09. The molecule has 4 aromatic carbocycles. The van der Waals surface area contributed by atoms with E-state index in [9.17, 15) is 0 Å². The summed E-state index contributed by atoms with van der Waals surface area (Å²) in [7, 11) is 0. The van der Waals surface area contributed by atoms with E-state index in [-0.39, 0.29) is 6.04 Å². The number of fused-ring (bicyclic) bond motifs is 1. The Morgan fingerprint density at radius 3 is 2.33 bits per heavy atom. The van der Waals surface area contributed by atoms with Gasteiger partial charge >= 0.3 is 0 Å². The fraction of sp³-hybridized carbons (Fsp3) is 0.100. The molecule has 36 heavy (non-hydrogen) atoms. The normalized spacial score (nSPS) is 15.4. The molecule has 6 rings (SSSR count). The first-order valence-corrected chi connectivity index (χ1v) is 13.4. The van der Waals surface area contributed by atoms with Crippen molar-refractivity contribution in [2.45, 2.75) is 19.4 Å². The summed E-state index contributed by atoms with van der Waals surface area (Å²) in [6, 6.07) is 33.3. The van der Waals surface area contributed by atoms with Gasteiger partial charge in [-0.1, -0.05) is 98.1 Å². The Kier molecular flexibility index (Phi) is 6.15. The number of aromatic nitrogens is 2. The Labute approximate surface area is 227 Å². The molecule has 0 spiro atoms. The number of aryl methyl sites for hydroxylation is 1. The van der Waals surface area contributed by atoms with Gasteiger partial charge in [-0.15, -0.1) is 0 Å². The van der Waals surface area contributed by atoms with Gasteiger partial charge in [-0.3, -0.25) is 0 Å². The number of hydrogen-bond acceptors (Lipinski definition) is 4. The lowest BCUT2D eigenvalue weighted by Gasteiger charge is -2.23. The van der Waals surface area contributed by atoms with E-state index >= 15 is 0 Å². The standard InChI is InChI=1S/C30H22Br2N4/c1-19-10-15-26-25(16-19)29(21-6-3-2-4-7-21)34-30(33-26)36-28(22-8-5-9-24(32)17-22)18-27(35-36)20-11-13-23(31)14-12-20/h2-17,28H,18H2,1H3/t28-/m1/s1. The maximum atomic E-state index is 5.12. The van der Waals surface area contributed by atoms with Crippen molar-refractivity contribution >= 4 is 54.4 Å². The first-order chi connectivity index (χ1) is 17.5. The molecule has 4 nitrogen and oxygen atoms in total. The minimum Gasteiger partial charge on any atom is -0.223 e. The van der Waals surface area contributed by atoms with Crippen LogP contribution in [0, 0.1) is 6.92 Å². The van der Waals surface area contributed by atoms with Gasteiger partial charge in [0.15, 0.2) is 0 Å². The molecule has 0 saturated heterocycles. The predicted octanol–water partition coefficient (Wildman–Crippen LogP) is 8.49. The molecule has 0 N–H and O–H groups in total. The van der Waals surface area contributed by atoms with Crippen molar-refractivity contribution < 1.29 is 0 Å². The number of hydrazone groups is 1. The topological polar surface area (TPSA) is 41.4 Å². The van der Waals surface area contributed by atoms with E-state index in [1.54, 1.807) is 0 Å². The van der Waals surface area contributed by atoms with Crippen molar-refractivity contribution in [3.05, 3.63) is 123 Å². The average molecular weight is 598 g/mol. The number of nitrogens with zero attached hydrogens (tertiary/aromatic N) is 4. The van der Waals surface area contributed by atoms with E-state index in [1.165, 1.54) is 5.56 Å². The van der Waals surface area contributed by atoms with Crippen LogP contribution in [0.3, 0.4) is 0 Å². The number of hydrogen-bond donors (Lipinski definition) is 0. The molecule has 0 unspecified atom stereocenters. The maximum Gasteiger partial charge on any atom is 0.247 e. The second-order valence-electron chi connectivity index (χ2n) is 8.93. The second-order valence-corrected chi connectivity index (χ2v) is 10.8. The summed E-state index contributed by atoms with van der Waals surface area (Å²) in [5.74, 6) is 0.599. The van der Waals surface area contributed by atoms with Crippen LogP contribution in [-0.4, -0.2) is 15.7 Å². The van der Waals surface area contributed by atoms with Gasteiger partial charge in [0.25, 0.3) is 0 Å². The summed E-state index contributed by atoms with van der Waals surface area (Å²) in [6.45, 7) is 2.10. The summed E-state index contributed by atoms with van der Waals surface area (Å²) >= 11 is 7.18. The lowest BCUT2D eigenvalue weighted by molar-refractivity contribution is 0.688. The molecule has 1 aromatic heterocycles. The minimum absolute atomic E-state index is 0.0207. The molecule has 0 amide bonds. The monoisotopic (exact) mass is 596 g/mol. The molecule has 0 bridgehead atoms. The minimum atomic E-state index is -0.0207. The molecular weight excluding hydrogens is 576 g/mol. The maximum absolute atomic E-state index is 5.12. The zero-order valence-corrected chi connectivity index (χ0v) is 22.7. The largest absolute Gasteiger partial charge is 0.247 e. The van der Waals surface area contributed by atoms with Crippen molar-refractivity contribution in [3.63, 3.8) is 0 Å². The van der Waals surface area contributed by atoms with E-state index in [0.29, 0.717) is 5.95 Å². The fourth-order valence-corrected chi connectivity index (χ4v) is 5.31. The molecule has 5 aromatic rings. The van der Waals surface area contributed by atoms with Crippen molar-refractivity contribution in [1.82, 2.24) is 9.97 Å². The molecule has 0 radical (unpaired) electrons. The van der Waals surface area contributed by atoms with Crippen LogP contribution < -0.4 is 5.01 Å². The van der Waals surface area contributed by atoms with Gasteiger partial charge in [0.1, 0.15) is 0 Å². The van der Waals surface area contributed by atoms with Crippen LogP contribution >= 0.6 is 31.9 Å². The summed E-state index contributed by atoms with van der Waals surface area (Å²) in [6.07, 6.45) is 0.758. The van der Waals surface area contributed by atoms with Crippen molar-refractivity contribution in [3.8, 4) is 11.3 Å². The molecule has 1 aliphatic rings. The Hall–Kier alpha value is -3.35. The third kappa shape index (κ3) is 4.47. The van der Waals surface area contributed by atoms with Crippen LogP contribution in [0.1, 0.15) is 29.2 Å². The fourth-order valence-electron chi connectivity index (χ4n) is 4.63. The highest BCUT2D eigenvalue weighted by molar-refractivity contribution is 9.10. The molecule has 0 fully saturated rings. The number of rotatable bonds is 4. The molecule has 1 aliphatic heterocycles. The highest BCUT2D eigenvalue weighted by Crippen LogP contribution is 2.38. The van der Waals surface area contributed by atoms with Gasteiger partial charge in [0.2, 0.25) is 5.95 Å². The molecule has 0 saturated carbocycles. The van der Waals surface area contributed by atoms with Crippen molar-refractivity contribution in [1.29, 1.82) is 0 Å². The van der Waals surface area contributed by atoms with Crippen molar-refractivity contribution in [2.75, 3.05) is 5.01 Å². The van der Waals surface area contributed by atoms with Gasteiger partial charge in [-0.25, -0.2) is 15.0 Å². The van der Waals surface area contributed by atoms with Gasteiger partial charge in [-0.2, -0.15) is 5.10 Å². The van der Waals surface area contributed by atoms with E-state index in [2.05, 4.69) is 112 Å². The van der Waals surface area contributed by atoms with Crippen molar-refractivity contribution in [2.24, 2.45) is 5.10 Å². The van der Waals surface area contributed by atoms with Gasteiger partial charge in [0.05, 0.1) is 23.0 Å². The van der Waals surface area contributed by atoms with Gasteiger partial charge in [0, 0.05) is 26.3 Å². The molecule has 1 atom stereocenters. The predicted molar refractivity (Wildman–Crippen MR) is 154 cm³/mol. The summed E-state index contributed by atoms with van der Waals surface area (Å²) in [4.78, 5) is 10.1. The van der Waals surface area contributed by atoms with E-state index < -0.39 is 0 Å². The zero-order chi connectivity index (χ0) is 24.6. The van der Waals surface area contributed by atoms with E-state index in [0.717, 1.165) is 54.4 Å². The quantitative estimate of drug-likeness (QED) is 0.208. The molecule has 2 heterocycles.